The van der Waals surface area contributed by atoms with E-state index in [4.69, 9.17) is 4.98 Å². The number of hydrogen-bond donors (Lipinski definition) is 1. The smallest absolute Gasteiger partial charge is 0.0705 e. The van der Waals surface area contributed by atoms with Gasteiger partial charge in [-0.3, -0.25) is 4.98 Å². The molecule has 114 valence electrons. The van der Waals surface area contributed by atoms with E-state index < -0.39 is 0 Å². The van der Waals surface area contributed by atoms with E-state index in [2.05, 4.69) is 68.5 Å². The zero-order valence-electron chi connectivity index (χ0n) is 13.6. The summed E-state index contributed by atoms with van der Waals surface area (Å²) in [4.78, 5) is 6.97. The summed E-state index contributed by atoms with van der Waals surface area (Å²) in [5, 5.41) is 4.86. The monoisotopic (exact) mass is 285 g/mol. The zero-order chi connectivity index (χ0) is 15.2. The maximum Gasteiger partial charge on any atom is 0.0705 e. The lowest BCUT2D eigenvalue weighted by molar-refractivity contribution is 0.304. The highest BCUT2D eigenvalue weighted by molar-refractivity contribution is 5.78. The lowest BCUT2D eigenvalue weighted by Gasteiger charge is -2.24. The largest absolute Gasteiger partial charge is 0.308 e. The van der Waals surface area contributed by atoms with Crippen LogP contribution in [0.15, 0.2) is 36.4 Å². The molecule has 2 rings (SSSR count). The quantitative estimate of drug-likeness (QED) is 0.846. The highest BCUT2D eigenvalue weighted by Crippen LogP contribution is 2.12. The van der Waals surface area contributed by atoms with E-state index in [0.29, 0.717) is 12.0 Å². The van der Waals surface area contributed by atoms with Crippen LogP contribution in [0.4, 0.5) is 0 Å². The van der Waals surface area contributed by atoms with E-state index in [-0.39, 0.29) is 0 Å². The van der Waals surface area contributed by atoms with Gasteiger partial charge in [-0.25, -0.2) is 0 Å². The molecule has 0 aliphatic heterocycles. The van der Waals surface area contributed by atoms with Crippen molar-refractivity contribution in [3.8, 4) is 0 Å². The predicted molar refractivity (Wildman–Crippen MR) is 90.4 cm³/mol. The van der Waals surface area contributed by atoms with Crippen molar-refractivity contribution >= 4 is 10.9 Å². The van der Waals surface area contributed by atoms with Crippen LogP contribution in [-0.2, 0) is 6.54 Å². The van der Waals surface area contributed by atoms with E-state index >= 15 is 0 Å². The Kier molecular flexibility index (Phi) is 5.71. The molecule has 0 radical (unpaired) electrons. The summed E-state index contributed by atoms with van der Waals surface area (Å²) in [6.45, 7) is 6.44. The first-order valence-corrected chi connectivity index (χ1v) is 7.77. The van der Waals surface area contributed by atoms with Gasteiger partial charge in [0.1, 0.15) is 0 Å². The molecule has 0 saturated heterocycles. The van der Waals surface area contributed by atoms with Crippen LogP contribution in [0.5, 0.6) is 0 Å². The molecule has 3 heteroatoms. The standard InChI is InChI=1S/C18H27N3/c1-14(2)11-17(13-21(3)4)19-12-16-10-9-15-7-5-6-8-18(15)20-16/h5-10,14,17,19H,11-13H2,1-4H3. The van der Waals surface area contributed by atoms with Gasteiger partial charge in [0.05, 0.1) is 11.2 Å². The molecule has 0 saturated carbocycles. The fourth-order valence-corrected chi connectivity index (χ4v) is 2.69. The molecule has 1 aromatic carbocycles. The third kappa shape index (κ3) is 5.10. The number of likely N-dealkylation sites (N-methyl/N-ethyl adjacent to an activating group) is 1. The molecule has 1 unspecified atom stereocenters. The van der Waals surface area contributed by atoms with Crippen molar-refractivity contribution < 1.29 is 0 Å². The molecule has 0 amide bonds. The number of fused-ring (bicyclic) bond motifs is 1. The second-order valence-corrected chi connectivity index (χ2v) is 6.46. The molecule has 1 aromatic heterocycles. The molecule has 1 atom stereocenters. The summed E-state index contributed by atoms with van der Waals surface area (Å²) in [7, 11) is 4.26. The lowest BCUT2D eigenvalue weighted by atomic mass is 10.0. The van der Waals surface area contributed by atoms with Crippen molar-refractivity contribution in [3.63, 3.8) is 0 Å². The molecule has 0 spiro atoms. The summed E-state index contributed by atoms with van der Waals surface area (Å²) < 4.78 is 0. The Morgan fingerprint density at radius 2 is 1.86 bits per heavy atom. The predicted octanol–water partition coefficient (Wildman–Crippen LogP) is 3.30. The van der Waals surface area contributed by atoms with Gasteiger partial charge < -0.3 is 10.2 Å². The van der Waals surface area contributed by atoms with Crippen LogP contribution in [0.3, 0.4) is 0 Å². The Labute approximate surface area is 128 Å². The van der Waals surface area contributed by atoms with Crippen LogP contribution in [0.2, 0.25) is 0 Å². The molecular formula is C18H27N3. The number of para-hydroxylation sites is 1. The molecule has 3 nitrogen and oxygen atoms in total. The fraction of sp³-hybridized carbons (Fsp3) is 0.500. The number of hydrogen-bond acceptors (Lipinski definition) is 3. The summed E-state index contributed by atoms with van der Waals surface area (Å²) in [5.41, 5.74) is 2.19. The van der Waals surface area contributed by atoms with E-state index in [1.165, 1.54) is 11.8 Å². The number of rotatable bonds is 7. The summed E-state index contributed by atoms with van der Waals surface area (Å²) in [5.74, 6) is 0.701. The molecule has 0 bridgehead atoms. The van der Waals surface area contributed by atoms with E-state index in [0.717, 1.165) is 24.3 Å². The summed E-state index contributed by atoms with van der Waals surface area (Å²) >= 11 is 0. The molecule has 0 fully saturated rings. The highest BCUT2D eigenvalue weighted by Gasteiger charge is 2.11. The molecule has 2 aromatic rings. The van der Waals surface area contributed by atoms with Crippen molar-refractivity contribution in [2.24, 2.45) is 5.92 Å². The van der Waals surface area contributed by atoms with Gasteiger partial charge in [0.2, 0.25) is 0 Å². The minimum absolute atomic E-state index is 0.508. The summed E-state index contributed by atoms with van der Waals surface area (Å²) in [6, 6.07) is 13.1. The van der Waals surface area contributed by atoms with Gasteiger partial charge in [0, 0.05) is 24.5 Å². The van der Waals surface area contributed by atoms with Crippen molar-refractivity contribution in [3.05, 3.63) is 42.1 Å². The van der Waals surface area contributed by atoms with E-state index in [1.807, 2.05) is 6.07 Å². The summed E-state index contributed by atoms with van der Waals surface area (Å²) in [6.07, 6.45) is 1.19. The van der Waals surface area contributed by atoms with Crippen molar-refractivity contribution in [2.45, 2.75) is 32.9 Å². The van der Waals surface area contributed by atoms with Gasteiger partial charge in [0.15, 0.2) is 0 Å². The zero-order valence-corrected chi connectivity index (χ0v) is 13.6. The van der Waals surface area contributed by atoms with Crippen LogP contribution in [0.1, 0.15) is 26.0 Å². The molecule has 1 N–H and O–H groups in total. The van der Waals surface area contributed by atoms with Crippen molar-refractivity contribution in [2.75, 3.05) is 20.6 Å². The van der Waals surface area contributed by atoms with Gasteiger partial charge in [-0.15, -0.1) is 0 Å². The van der Waals surface area contributed by atoms with Crippen LogP contribution < -0.4 is 5.32 Å². The molecule has 21 heavy (non-hydrogen) atoms. The number of nitrogens with one attached hydrogen (secondary N) is 1. The lowest BCUT2D eigenvalue weighted by Crippen LogP contribution is -2.39. The van der Waals surface area contributed by atoms with Crippen LogP contribution in [0, 0.1) is 5.92 Å². The number of benzene rings is 1. The molecule has 0 aliphatic rings. The molecule has 1 heterocycles. The van der Waals surface area contributed by atoms with Crippen LogP contribution >= 0.6 is 0 Å². The maximum atomic E-state index is 4.73. The highest BCUT2D eigenvalue weighted by atomic mass is 15.1. The maximum absolute atomic E-state index is 4.73. The van der Waals surface area contributed by atoms with Crippen molar-refractivity contribution in [1.29, 1.82) is 0 Å². The molecule has 0 aliphatic carbocycles. The van der Waals surface area contributed by atoms with E-state index in [9.17, 15) is 0 Å². The van der Waals surface area contributed by atoms with Gasteiger partial charge >= 0.3 is 0 Å². The normalized spacial score (nSPS) is 13.2. The Balaban J connectivity index is 2.00. The number of aromatic nitrogens is 1. The third-order valence-corrected chi connectivity index (χ3v) is 3.57. The number of nitrogens with zero attached hydrogens (tertiary/aromatic N) is 2. The average molecular weight is 285 g/mol. The first kappa shape index (κ1) is 15.9. The van der Waals surface area contributed by atoms with Gasteiger partial charge in [-0.1, -0.05) is 38.1 Å². The Bertz CT molecular complexity index is 553. The van der Waals surface area contributed by atoms with Gasteiger partial charge in [0.25, 0.3) is 0 Å². The SMILES string of the molecule is CC(C)CC(CN(C)C)NCc1ccc2ccccc2n1. The second-order valence-electron chi connectivity index (χ2n) is 6.46. The topological polar surface area (TPSA) is 28.2 Å². The molecular weight excluding hydrogens is 258 g/mol. The fourth-order valence-electron chi connectivity index (χ4n) is 2.69. The number of pyridine rings is 1. The average Bonchev–Trinajstić information content (AvgIpc) is 2.43. The van der Waals surface area contributed by atoms with Crippen LogP contribution in [0.25, 0.3) is 10.9 Å². The third-order valence-electron chi connectivity index (χ3n) is 3.57. The Morgan fingerprint density at radius 1 is 1.10 bits per heavy atom. The second kappa shape index (κ2) is 7.53. The minimum Gasteiger partial charge on any atom is -0.308 e. The first-order valence-electron chi connectivity index (χ1n) is 7.77. The van der Waals surface area contributed by atoms with Gasteiger partial charge in [-0.05, 0) is 38.6 Å². The first-order chi connectivity index (χ1) is 10.0. The van der Waals surface area contributed by atoms with Crippen molar-refractivity contribution in [1.82, 2.24) is 15.2 Å². The minimum atomic E-state index is 0.508. The van der Waals surface area contributed by atoms with E-state index in [1.54, 1.807) is 0 Å². The Hall–Kier alpha value is -1.45. The Morgan fingerprint density at radius 3 is 2.57 bits per heavy atom. The van der Waals surface area contributed by atoms with Crippen LogP contribution in [-0.4, -0.2) is 36.6 Å². The van der Waals surface area contributed by atoms with Gasteiger partial charge in [-0.2, -0.15) is 0 Å².